The van der Waals surface area contributed by atoms with E-state index in [-0.39, 0.29) is 11.5 Å². The summed E-state index contributed by atoms with van der Waals surface area (Å²) in [7, 11) is 0. The molecule has 0 unspecified atom stereocenters. The zero-order valence-corrected chi connectivity index (χ0v) is 19.0. The lowest BCUT2D eigenvalue weighted by Crippen LogP contribution is -2.33. The molecule has 7 heteroatoms. The number of hydrazone groups is 1. The standard InChI is InChI=1S/C27H21ClN2O4/c1-18(33-25-12-6-8-20-7-2-3-9-22(20)25)26(31)30-29-17-19-13-15-21(16-14-19)34-27(32)23-10-4-5-11-24(23)28/h2-18H,1H3,(H,30,31)/b29-17-/t18-/m0/s1. The number of carbonyl (C=O) groups is 2. The summed E-state index contributed by atoms with van der Waals surface area (Å²) in [6.07, 6.45) is 0.747. The molecule has 0 heterocycles. The third-order valence-electron chi connectivity index (χ3n) is 5.00. The molecule has 170 valence electrons. The van der Waals surface area contributed by atoms with Crippen molar-refractivity contribution in [1.29, 1.82) is 0 Å². The first-order chi connectivity index (χ1) is 16.5. The first kappa shape index (κ1) is 23.0. The molecule has 0 aliphatic carbocycles. The highest BCUT2D eigenvalue weighted by atomic mass is 35.5. The zero-order chi connectivity index (χ0) is 23.9. The second-order valence-corrected chi connectivity index (χ2v) is 7.82. The van der Waals surface area contributed by atoms with E-state index in [1.165, 1.54) is 6.21 Å². The SMILES string of the molecule is C[C@H](Oc1cccc2ccccc12)C(=O)N/N=C\c1ccc(OC(=O)c2ccccc2Cl)cc1. The molecule has 0 radical (unpaired) electrons. The van der Waals surface area contributed by atoms with Gasteiger partial charge in [-0.25, -0.2) is 10.2 Å². The van der Waals surface area contributed by atoms with Crippen molar-refractivity contribution in [1.82, 2.24) is 5.43 Å². The van der Waals surface area contributed by atoms with Gasteiger partial charge in [0.2, 0.25) is 0 Å². The highest BCUT2D eigenvalue weighted by molar-refractivity contribution is 6.33. The number of carbonyl (C=O) groups excluding carboxylic acids is 2. The molecule has 6 nitrogen and oxygen atoms in total. The van der Waals surface area contributed by atoms with E-state index in [1.807, 2.05) is 42.5 Å². The summed E-state index contributed by atoms with van der Waals surface area (Å²) < 4.78 is 11.2. The van der Waals surface area contributed by atoms with Crippen molar-refractivity contribution >= 4 is 40.5 Å². The number of nitrogens with zero attached hydrogens (tertiary/aromatic N) is 1. The number of hydrogen-bond acceptors (Lipinski definition) is 5. The summed E-state index contributed by atoms with van der Waals surface area (Å²) >= 11 is 6.02. The lowest BCUT2D eigenvalue weighted by molar-refractivity contribution is -0.127. The molecule has 0 aliphatic rings. The quantitative estimate of drug-likeness (QED) is 0.164. The van der Waals surface area contributed by atoms with E-state index in [9.17, 15) is 9.59 Å². The molecule has 4 rings (SSSR count). The maximum Gasteiger partial charge on any atom is 0.345 e. The number of nitrogens with one attached hydrogen (secondary N) is 1. The lowest BCUT2D eigenvalue weighted by atomic mass is 10.1. The van der Waals surface area contributed by atoms with E-state index < -0.39 is 12.1 Å². The van der Waals surface area contributed by atoms with Gasteiger partial charge in [0.25, 0.3) is 5.91 Å². The van der Waals surface area contributed by atoms with Crippen LogP contribution in [-0.4, -0.2) is 24.2 Å². The lowest BCUT2D eigenvalue weighted by Gasteiger charge is -2.14. The minimum atomic E-state index is -0.741. The molecule has 1 N–H and O–H groups in total. The van der Waals surface area contributed by atoms with Crippen LogP contribution in [0, 0.1) is 0 Å². The highest BCUT2D eigenvalue weighted by Crippen LogP contribution is 2.26. The Morgan fingerprint density at radius 1 is 0.912 bits per heavy atom. The number of ether oxygens (including phenoxy) is 2. The maximum atomic E-state index is 12.4. The number of rotatable bonds is 7. The first-order valence-electron chi connectivity index (χ1n) is 10.6. The van der Waals surface area contributed by atoms with Gasteiger partial charge in [0.05, 0.1) is 16.8 Å². The van der Waals surface area contributed by atoms with E-state index >= 15 is 0 Å². The molecule has 34 heavy (non-hydrogen) atoms. The molecule has 0 aliphatic heterocycles. The van der Waals surface area contributed by atoms with Crippen molar-refractivity contribution < 1.29 is 19.1 Å². The van der Waals surface area contributed by atoms with Gasteiger partial charge >= 0.3 is 5.97 Å². The molecular formula is C27H21ClN2O4. The van der Waals surface area contributed by atoms with Crippen molar-refractivity contribution in [2.75, 3.05) is 0 Å². The van der Waals surface area contributed by atoms with E-state index in [4.69, 9.17) is 21.1 Å². The highest BCUT2D eigenvalue weighted by Gasteiger charge is 2.15. The Balaban J connectivity index is 1.31. The van der Waals surface area contributed by atoms with Crippen LogP contribution in [0.2, 0.25) is 5.02 Å². The molecule has 1 amide bonds. The minimum absolute atomic E-state index is 0.289. The molecule has 0 aromatic heterocycles. The van der Waals surface area contributed by atoms with E-state index in [2.05, 4.69) is 10.5 Å². The summed E-state index contributed by atoms with van der Waals surface area (Å²) in [5.74, 6) is 0.0730. The fourth-order valence-corrected chi connectivity index (χ4v) is 3.43. The second-order valence-electron chi connectivity index (χ2n) is 7.41. The largest absolute Gasteiger partial charge is 0.480 e. The summed E-state index contributed by atoms with van der Waals surface area (Å²) in [6, 6.07) is 26.9. The summed E-state index contributed by atoms with van der Waals surface area (Å²) in [6.45, 7) is 1.66. The fraction of sp³-hybridized carbons (Fsp3) is 0.0741. The van der Waals surface area contributed by atoms with E-state index in [0.717, 1.165) is 10.8 Å². The molecule has 0 fully saturated rings. The number of esters is 1. The second kappa shape index (κ2) is 10.6. The molecule has 0 bridgehead atoms. The topological polar surface area (TPSA) is 77.0 Å². The number of benzene rings is 4. The Morgan fingerprint density at radius 3 is 2.41 bits per heavy atom. The third kappa shape index (κ3) is 5.60. The van der Waals surface area contributed by atoms with Gasteiger partial charge in [0, 0.05) is 5.39 Å². The summed E-state index contributed by atoms with van der Waals surface area (Å²) in [5.41, 5.74) is 3.48. The van der Waals surface area contributed by atoms with Gasteiger partial charge in [0.1, 0.15) is 11.5 Å². The summed E-state index contributed by atoms with van der Waals surface area (Å²) in [5, 5.41) is 6.28. The molecule has 0 saturated carbocycles. The van der Waals surface area contributed by atoms with Crippen molar-refractivity contribution in [3.63, 3.8) is 0 Å². The monoisotopic (exact) mass is 472 g/mol. The molecule has 4 aromatic carbocycles. The van der Waals surface area contributed by atoms with Gasteiger partial charge in [-0.15, -0.1) is 0 Å². The van der Waals surface area contributed by atoms with Crippen LogP contribution in [0.3, 0.4) is 0 Å². The number of halogens is 1. The van der Waals surface area contributed by atoms with Gasteiger partial charge in [-0.05, 0) is 60.3 Å². The molecular weight excluding hydrogens is 452 g/mol. The molecule has 0 saturated heterocycles. The number of hydrogen-bond donors (Lipinski definition) is 1. The maximum absolute atomic E-state index is 12.4. The van der Waals surface area contributed by atoms with Crippen LogP contribution in [0.1, 0.15) is 22.8 Å². The van der Waals surface area contributed by atoms with Crippen LogP contribution >= 0.6 is 11.6 Å². The normalized spacial score (nSPS) is 11.8. The zero-order valence-electron chi connectivity index (χ0n) is 18.3. The van der Waals surface area contributed by atoms with Gasteiger partial charge in [-0.2, -0.15) is 5.10 Å². The van der Waals surface area contributed by atoms with Crippen molar-refractivity contribution in [3.8, 4) is 11.5 Å². The van der Waals surface area contributed by atoms with Crippen LogP contribution in [0.15, 0.2) is 96.1 Å². The average Bonchev–Trinajstić information content (AvgIpc) is 2.85. The Labute approximate surface area is 201 Å². The summed E-state index contributed by atoms with van der Waals surface area (Å²) in [4.78, 5) is 24.6. The Morgan fingerprint density at radius 2 is 1.62 bits per heavy atom. The Bertz CT molecular complexity index is 1350. The van der Waals surface area contributed by atoms with Gasteiger partial charge in [-0.1, -0.05) is 60.1 Å². The molecule has 0 spiro atoms. The number of amides is 1. The van der Waals surface area contributed by atoms with Crippen LogP contribution < -0.4 is 14.9 Å². The van der Waals surface area contributed by atoms with E-state index in [1.54, 1.807) is 55.5 Å². The number of fused-ring (bicyclic) bond motifs is 1. The van der Waals surface area contributed by atoms with E-state index in [0.29, 0.717) is 22.1 Å². The van der Waals surface area contributed by atoms with Crippen molar-refractivity contribution in [3.05, 3.63) is 107 Å². The predicted molar refractivity (Wildman–Crippen MR) is 133 cm³/mol. The fourth-order valence-electron chi connectivity index (χ4n) is 3.21. The smallest absolute Gasteiger partial charge is 0.345 e. The van der Waals surface area contributed by atoms with Crippen molar-refractivity contribution in [2.45, 2.75) is 13.0 Å². The predicted octanol–water partition coefficient (Wildman–Crippen LogP) is 5.63. The first-order valence-corrected chi connectivity index (χ1v) is 10.9. The Kier molecular flexibility index (Phi) is 7.20. The van der Waals surface area contributed by atoms with Crippen LogP contribution in [0.5, 0.6) is 11.5 Å². The van der Waals surface area contributed by atoms with Crippen LogP contribution in [0.25, 0.3) is 10.8 Å². The third-order valence-corrected chi connectivity index (χ3v) is 5.32. The molecule has 1 atom stereocenters. The minimum Gasteiger partial charge on any atom is -0.480 e. The molecule has 4 aromatic rings. The Hall–Kier alpha value is -4.16. The van der Waals surface area contributed by atoms with Crippen molar-refractivity contribution in [2.24, 2.45) is 5.10 Å². The van der Waals surface area contributed by atoms with Crippen LogP contribution in [0.4, 0.5) is 0 Å². The van der Waals surface area contributed by atoms with Crippen LogP contribution in [-0.2, 0) is 4.79 Å². The van der Waals surface area contributed by atoms with Gasteiger partial charge in [-0.3, -0.25) is 4.79 Å². The average molecular weight is 473 g/mol. The van der Waals surface area contributed by atoms with Gasteiger partial charge < -0.3 is 9.47 Å². The van der Waals surface area contributed by atoms with Gasteiger partial charge in [0.15, 0.2) is 6.10 Å².